The number of esters is 1. The van der Waals surface area contributed by atoms with E-state index < -0.39 is 84.3 Å². The van der Waals surface area contributed by atoms with Gasteiger partial charge in [-0.05, 0) is 52.0 Å². The Morgan fingerprint density at radius 1 is 0.902 bits per heavy atom. The first kappa shape index (κ1) is 38.5. The molecule has 0 aliphatic carbocycles. The molecule has 0 radical (unpaired) electrons. The number of ether oxygens (including phenoxy) is 1. The Bertz CT molecular complexity index is 1560. The van der Waals surface area contributed by atoms with Gasteiger partial charge < -0.3 is 35.4 Å². The van der Waals surface area contributed by atoms with Gasteiger partial charge in [-0.25, -0.2) is 4.79 Å². The number of hydrogen-bond donors (Lipinski definition) is 3. The van der Waals surface area contributed by atoms with Crippen LogP contribution in [0.25, 0.3) is 0 Å². The lowest BCUT2D eigenvalue weighted by atomic mass is 10.0. The fourth-order valence-corrected chi connectivity index (χ4v) is 6.38. The van der Waals surface area contributed by atoms with E-state index >= 15 is 0 Å². The van der Waals surface area contributed by atoms with Crippen molar-refractivity contribution < 1.29 is 38.3 Å². The number of benzene rings is 1. The molecular formula is C37H48N6O8. The van der Waals surface area contributed by atoms with Crippen LogP contribution in [0.3, 0.4) is 0 Å². The van der Waals surface area contributed by atoms with Gasteiger partial charge in [0.1, 0.15) is 42.9 Å². The van der Waals surface area contributed by atoms with Crippen LogP contribution in [0.15, 0.2) is 66.8 Å². The van der Waals surface area contributed by atoms with Crippen molar-refractivity contribution in [3.63, 3.8) is 0 Å². The van der Waals surface area contributed by atoms with Crippen molar-refractivity contribution in [1.82, 2.24) is 30.7 Å². The van der Waals surface area contributed by atoms with Crippen molar-refractivity contribution >= 4 is 41.4 Å². The van der Waals surface area contributed by atoms with E-state index in [4.69, 9.17) is 4.74 Å². The van der Waals surface area contributed by atoms with Gasteiger partial charge in [0.15, 0.2) is 0 Å². The molecule has 3 heterocycles. The maximum absolute atomic E-state index is 14.2. The molecule has 3 saturated heterocycles. The minimum absolute atomic E-state index is 0.0915. The number of likely N-dealkylation sites (N-methyl/N-ethyl adjacent to an activating group) is 1. The highest BCUT2D eigenvalue weighted by Gasteiger charge is 2.43. The van der Waals surface area contributed by atoms with Crippen LogP contribution in [-0.2, 0) is 44.7 Å². The molecule has 0 aromatic heterocycles. The second kappa shape index (κ2) is 18.1. The van der Waals surface area contributed by atoms with Crippen molar-refractivity contribution in [3.8, 4) is 0 Å². The van der Waals surface area contributed by atoms with E-state index in [0.717, 1.165) is 5.56 Å². The standard InChI is InChI=1S/C37H48N6O8/c1-5-6-7-8-12-19-31(44)39-27(22-26-15-10-9-11-16-26)33(46)40-28-23-51-37(50)30-18-14-21-43(30)34(47)24(2)38-32(45)25(3)41(4)36(49)29-17-13-20-42(29)35(28)48/h5-12,15-16,19,24-25,27-30H,13-14,17-18,20-23H2,1-4H3,(H,38,45)(H,39,44)(H,40,46)/b6-5+,8-7+,19-12+/t24-,25-,27-,28-,29-,30-/m0/s1. The summed E-state index contributed by atoms with van der Waals surface area (Å²) >= 11 is 0. The van der Waals surface area contributed by atoms with E-state index in [2.05, 4.69) is 16.0 Å². The summed E-state index contributed by atoms with van der Waals surface area (Å²) in [5.41, 5.74) is 0.747. The largest absolute Gasteiger partial charge is 0.461 e. The SMILES string of the molecule is C/C=C/C=C/C=C/C(=O)N[C@@H](Cc1ccccc1)C(=O)N[C@H]1COC(=O)[C@@H]2CCCN2C(=O)[C@H](C)NC(=O)[C@H](C)N(C)C(=O)[C@@H]2CCCN2C1=O. The topological polar surface area (TPSA) is 175 Å². The van der Waals surface area contributed by atoms with Gasteiger partial charge in [-0.15, -0.1) is 0 Å². The molecule has 6 atom stereocenters. The second-order valence-electron chi connectivity index (χ2n) is 12.9. The number of fused-ring (bicyclic) bond motifs is 2. The number of rotatable bonds is 8. The molecule has 0 saturated carbocycles. The molecular weight excluding hydrogens is 656 g/mol. The van der Waals surface area contributed by atoms with Gasteiger partial charge in [-0.3, -0.25) is 28.8 Å². The fourth-order valence-electron chi connectivity index (χ4n) is 6.38. The Hall–Kier alpha value is -5.27. The summed E-state index contributed by atoms with van der Waals surface area (Å²) in [6, 6.07) is 2.64. The smallest absolute Gasteiger partial charge is 0.328 e. The van der Waals surface area contributed by atoms with Crippen LogP contribution in [0.5, 0.6) is 0 Å². The molecule has 51 heavy (non-hydrogen) atoms. The van der Waals surface area contributed by atoms with Crippen LogP contribution in [-0.4, -0.2) is 119 Å². The van der Waals surface area contributed by atoms with E-state index in [1.54, 1.807) is 42.5 Å². The van der Waals surface area contributed by atoms with Crippen molar-refractivity contribution in [1.29, 1.82) is 0 Å². The molecule has 14 nitrogen and oxygen atoms in total. The molecule has 6 amide bonds. The van der Waals surface area contributed by atoms with Crippen molar-refractivity contribution in [3.05, 3.63) is 72.4 Å². The van der Waals surface area contributed by atoms with E-state index in [1.165, 1.54) is 47.7 Å². The summed E-state index contributed by atoms with van der Waals surface area (Å²) < 4.78 is 5.63. The molecule has 1 aromatic carbocycles. The Morgan fingerprint density at radius 2 is 1.55 bits per heavy atom. The van der Waals surface area contributed by atoms with Gasteiger partial charge in [0.2, 0.25) is 35.4 Å². The molecule has 0 unspecified atom stereocenters. The molecule has 3 N–H and O–H groups in total. The van der Waals surface area contributed by atoms with Crippen molar-refractivity contribution in [2.45, 2.75) is 89.1 Å². The lowest BCUT2D eigenvalue weighted by Crippen LogP contribution is -2.60. The number of nitrogens with zero attached hydrogens (tertiary/aromatic N) is 3. The molecule has 14 heteroatoms. The van der Waals surface area contributed by atoms with Crippen molar-refractivity contribution in [2.75, 3.05) is 26.7 Å². The zero-order valence-corrected chi connectivity index (χ0v) is 29.6. The number of carbonyl (C=O) groups is 7. The summed E-state index contributed by atoms with van der Waals surface area (Å²) in [7, 11) is 1.46. The summed E-state index contributed by atoms with van der Waals surface area (Å²) in [5.74, 6) is -4.19. The quantitative estimate of drug-likeness (QED) is 0.202. The van der Waals surface area contributed by atoms with Gasteiger partial charge in [0.25, 0.3) is 0 Å². The van der Waals surface area contributed by atoms with Gasteiger partial charge in [-0.2, -0.15) is 0 Å². The zero-order chi connectivity index (χ0) is 37.1. The number of cyclic esters (lactones) is 1. The van der Waals surface area contributed by atoms with E-state index in [9.17, 15) is 33.6 Å². The number of carbonyl (C=O) groups excluding carboxylic acids is 7. The third-order valence-corrected chi connectivity index (χ3v) is 9.36. The first-order chi connectivity index (χ1) is 24.4. The number of hydrogen-bond acceptors (Lipinski definition) is 8. The monoisotopic (exact) mass is 704 g/mol. The zero-order valence-electron chi connectivity index (χ0n) is 29.6. The van der Waals surface area contributed by atoms with Gasteiger partial charge >= 0.3 is 5.97 Å². The minimum atomic E-state index is -1.42. The van der Waals surface area contributed by atoms with Crippen molar-refractivity contribution in [2.24, 2.45) is 0 Å². The van der Waals surface area contributed by atoms with Crippen LogP contribution in [0.4, 0.5) is 0 Å². The summed E-state index contributed by atoms with van der Waals surface area (Å²) in [6.07, 6.45) is 11.6. The van der Waals surface area contributed by atoms with Crippen LogP contribution in [0, 0.1) is 0 Å². The first-order valence-corrected chi connectivity index (χ1v) is 17.4. The molecule has 3 fully saturated rings. The minimum Gasteiger partial charge on any atom is -0.461 e. The number of nitrogens with one attached hydrogen (secondary N) is 3. The van der Waals surface area contributed by atoms with E-state index in [-0.39, 0.29) is 19.5 Å². The summed E-state index contributed by atoms with van der Waals surface area (Å²) in [6.45, 7) is 4.80. The Kier molecular flexibility index (Phi) is 13.7. The maximum atomic E-state index is 14.2. The lowest BCUT2D eigenvalue weighted by Gasteiger charge is -2.34. The molecule has 1 aromatic rings. The third kappa shape index (κ3) is 9.92. The first-order valence-electron chi connectivity index (χ1n) is 17.4. The normalized spacial score (nSPS) is 26.0. The van der Waals surface area contributed by atoms with Crippen LogP contribution in [0.1, 0.15) is 52.0 Å². The highest BCUT2D eigenvalue weighted by atomic mass is 16.5. The average Bonchev–Trinajstić information content (AvgIpc) is 3.82. The molecule has 3 aliphatic rings. The highest BCUT2D eigenvalue weighted by Crippen LogP contribution is 2.23. The fraction of sp³-hybridized carbons (Fsp3) is 0.486. The lowest BCUT2D eigenvalue weighted by molar-refractivity contribution is -0.158. The van der Waals surface area contributed by atoms with Crippen LogP contribution in [0.2, 0.25) is 0 Å². The molecule has 0 spiro atoms. The maximum Gasteiger partial charge on any atom is 0.328 e. The Labute approximate surface area is 298 Å². The Morgan fingerprint density at radius 3 is 2.24 bits per heavy atom. The predicted molar refractivity (Wildman–Crippen MR) is 187 cm³/mol. The second-order valence-corrected chi connectivity index (χ2v) is 12.9. The summed E-state index contributed by atoms with van der Waals surface area (Å²) in [5, 5.41) is 8.05. The molecule has 0 bridgehead atoms. The third-order valence-electron chi connectivity index (χ3n) is 9.36. The Balaban J connectivity index is 1.64. The molecule has 4 rings (SSSR count). The van der Waals surface area contributed by atoms with E-state index in [1.807, 2.05) is 19.1 Å². The number of amides is 6. The van der Waals surface area contributed by atoms with Gasteiger partial charge in [-0.1, -0.05) is 60.7 Å². The molecule has 3 aliphatic heterocycles. The van der Waals surface area contributed by atoms with E-state index in [0.29, 0.717) is 25.7 Å². The molecule has 274 valence electrons. The van der Waals surface area contributed by atoms with Crippen LogP contribution >= 0.6 is 0 Å². The number of allylic oxidation sites excluding steroid dienone is 5. The van der Waals surface area contributed by atoms with Gasteiger partial charge in [0, 0.05) is 32.6 Å². The highest BCUT2D eigenvalue weighted by molar-refractivity contribution is 5.98. The summed E-state index contributed by atoms with van der Waals surface area (Å²) in [4.78, 5) is 98.6. The average molecular weight is 705 g/mol. The van der Waals surface area contributed by atoms with Gasteiger partial charge in [0.05, 0.1) is 0 Å². The van der Waals surface area contributed by atoms with Crippen LogP contribution < -0.4 is 16.0 Å². The predicted octanol–water partition coefficient (Wildman–Crippen LogP) is 0.778.